The summed E-state index contributed by atoms with van der Waals surface area (Å²) in [7, 11) is 1.73. The molecule has 94 valence electrons. The van der Waals surface area contributed by atoms with E-state index in [1.165, 1.54) is 0 Å². The molecular formula is C12H24N2O2. The zero-order valence-corrected chi connectivity index (χ0v) is 10.7. The molecule has 1 amide bonds. The number of amides is 1. The van der Waals surface area contributed by atoms with Crippen LogP contribution in [-0.4, -0.2) is 43.2 Å². The van der Waals surface area contributed by atoms with Crippen LogP contribution >= 0.6 is 0 Å². The molecule has 0 aromatic rings. The summed E-state index contributed by atoms with van der Waals surface area (Å²) in [6, 6.07) is 0. The van der Waals surface area contributed by atoms with E-state index in [1.54, 1.807) is 7.11 Å². The first-order valence-electron chi connectivity index (χ1n) is 5.98. The number of carbonyl (C=O) groups excluding carboxylic acids is 1. The van der Waals surface area contributed by atoms with Gasteiger partial charge < -0.3 is 15.4 Å². The van der Waals surface area contributed by atoms with Crippen LogP contribution in [-0.2, 0) is 9.53 Å². The fourth-order valence-corrected chi connectivity index (χ4v) is 2.09. The van der Waals surface area contributed by atoms with Crippen LogP contribution < -0.4 is 5.73 Å². The molecule has 0 unspecified atom stereocenters. The number of methoxy groups -OCH3 is 1. The summed E-state index contributed by atoms with van der Waals surface area (Å²) in [4.78, 5) is 13.8. The molecule has 0 atom stereocenters. The van der Waals surface area contributed by atoms with E-state index in [4.69, 9.17) is 10.5 Å². The number of likely N-dealkylation sites (tertiary alicyclic amines) is 1. The lowest BCUT2D eigenvalue weighted by atomic mass is 9.96. The maximum absolute atomic E-state index is 11.9. The number of nitrogens with zero attached hydrogens (tertiary/aromatic N) is 1. The minimum absolute atomic E-state index is 0.184. The van der Waals surface area contributed by atoms with Crippen LogP contribution in [0.2, 0.25) is 0 Å². The van der Waals surface area contributed by atoms with Gasteiger partial charge in [0, 0.05) is 38.8 Å². The van der Waals surface area contributed by atoms with Gasteiger partial charge >= 0.3 is 0 Å². The first-order valence-corrected chi connectivity index (χ1v) is 5.98. The van der Waals surface area contributed by atoms with Crippen molar-refractivity contribution in [2.75, 3.05) is 26.8 Å². The molecule has 1 saturated heterocycles. The topological polar surface area (TPSA) is 55.6 Å². The Bertz CT molecular complexity index is 228. The van der Waals surface area contributed by atoms with Crippen molar-refractivity contribution in [3.8, 4) is 0 Å². The summed E-state index contributed by atoms with van der Waals surface area (Å²) < 4.78 is 5.13. The van der Waals surface area contributed by atoms with Gasteiger partial charge in [0.2, 0.25) is 5.91 Å². The first kappa shape index (κ1) is 13.5. The normalized spacial score (nSPS) is 18.9. The van der Waals surface area contributed by atoms with Crippen molar-refractivity contribution in [2.45, 2.75) is 38.6 Å². The summed E-state index contributed by atoms with van der Waals surface area (Å²) in [5.74, 6) is 0.795. The van der Waals surface area contributed by atoms with E-state index in [1.807, 2.05) is 18.7 Å². The highest BCUT2D eigenvalue weighted by molar-refractivity contribution is 5.77. The SMILES string of the molecule is COCC1CCN(C(=O)CC(C)(C)N)CC1. The van der Waals surface area contributed by atoms with Gasteiger partial charge in [0.1, 0.15) is 0 Å². The minimum Gasteiger partial charge on any atom is -0.384 e. The lowest BCUT2D eigenvalue weighted by Crippen LogP contribution is -2.44. The number of ether oxygens (including phenoxy) is 1. The number of rotatable bonds is 4. The molecule has 0 bridgehead atoms. The van der Waals surface area contributed by atoms with Crippen molar-refractivity contribution >= 4 is 5.91 Å². The Morgan fingerprint density at radius 1 is 1.44 bits per heavy atom. The molecule has 2 N–H and O–H groups in total. The predicted molar refractivity (Wildman–Crippen MR) is 64.1 cm³/mol. The summed E-state index contributed by atoms with van der Waals surface area (Å²) >= 11 is 0. The van der Waals surface area contributed by atoms with Crippen LogP contribution in [0.25, 0.3) is 0 Å². The smallest absolute Gasteiger partial charge is 0.224 e. The van der Waals surface area contributed by atoms with Crippen LogP contribution in [0, 0.1) is 5.92 Å². The average molecular weight is 228 g/mol. The van der Waals surface area contributed by atoms with E-state index >= 15 is 0 Å². The van der Waals surface area contributed by atoms with Crippen molar-refractivity contribution in [2.24, 2.45) is 11.7 Å². The highest BCUT2D eigenvalue weighted by atomic mass is 16.5. The molecule has 0 radical (unpaired) electrons. The van der Waals surface area contributed by atoms with Crippen molar-refractivity contribution in [3.63, 3.8) is 0 Å². The Kier molecular flexibility index (Phi) is 4.74. The van der Waals surface area contributed by atoms with Gasteiger partial charge in [-0.15, -0.1) is 0 Å². The van der Waals surface area contributed by atoms with Crippen molar-refractivity contribution in [1.29, 1.82) is 0 Å². The zero-order chi connectivity index (χ0) is 12.2. The van der Waals surface area contributed by atoms with Gasteiger partial charge in [-0.3, -0.25) is 4.79 Å². The average Bonchev–Trinajstić information content (AvgIpc) is 2.16. The van der Waals surface area contributed by atoms with Crippen molar-refractivity contribution < 1.29 is 9.53 Å². The summed E-state index contributed by atoms with van der Waals surface area (Å²) in [5.41, 5.74) is 5.45. The summed E-state index contributed by atoms with van der Waals surface area (Å²) in [6.45, 7) is 6.29. The van der Waals surface area contributed by atoms with Crippen LogP contribution in [0.15, 0.2) is 0 Å². The largest absolute Gasteiger partial charge is 0.384 e. The third-order valence-electron chi connectivity index (χ3n) is 2.98. The lowest BCUT2D eigenvalue weighted by Gasteiger charge is -2.33. The zero-order valence-electron chi connectivity index (χ0n) is 10.7. The van der Waals surface area contributed by atoms with Gasteiger partial charge in [0.15, 0.2) is 0 Å². The monoisotopic (exact) mass is 228 g/mol. The highest BCUT2D eigenvalue weighted by Crippen LogP contribution is 2.19. The standard InChI is InChI=1S/C12H24N2O2/c1-12(2,13)8-11(15)14-6-4-10(5-7-14)9-16-3/h10H,4-9,13H2,1-3H3. The molecule has 1 aliphatic rings. The molecule has 0 aromatic carbocycles. The molecule has 4 nitrogen and oxygen atoms in total. The molecule has 1 fully saturated rings. The Labute approximate surface area is 98.1 Å². The van der Waals surface area contributed by atoms with Crippen LogP contribution in [0.3, 0.4) is 0 Å². The molecule has 0 saturated carbocycles. The molecule has 1 aliphatic heterocycles. The molecule has 16 heavy (non-hydrogen) atoms. The van der Waals surface area contributed by atoms with Gasteiger partial charge in [-0.1, -0.05) is 0 Å². The lowest BCUT2D eigenvalue weighted by molar-refractivity contribution is -0.133. The molecule has 0 spiro atoms. The van der Waals surface area contributed by atoms with Gasteiger partial charge in [0.25, 0.3) is 0 Å². The number of carbonyl (C=O) groups is 1. The predicted octanol–water partition coefficient (Wildman–Crippen LogP) is 0.999. The van der Waals surface area contributed by atoms with E-state index in [2.05, 4.69) is 0 Å². The van der Waals surface area contributed by atoms with Crippen LogP contribution in [0.1, 0.15) is 33.1 Å². The highest BCUT2D eigenvalue weighted by Gasteiger charge is 2.25. The number of nitrogens with two attached hydrogens (primary N) is 1. The van der Waals surface area contributed by atoms with Gasteiger partial charge in [0.05, 0.1) is 0 Å². The maximum Gasteiger partial charge on any atom is 0.224 e. The van der Waals surface area contributed by atoms with E-state index in [0.717, 1.165) is 32.5 Å². The summed E-state index contributed by atoms with van der Waals surface area (Å²) in [5, 5.41) is 0. The number of piperidine rings is 1. The Morgan fingerprint density at radius 3 is 2.44 bits per heavy atom. The fourth-order valence-electron chi connectivity index (χ4n) is 2.09. The summed E-state index contributed by atoms with van der Waals surface area (Å²) in [6.07, 6.45) is 2.52. The Balaban J connectivity index is 2.33. The Hall–Kier alpha value is -0.610. The van der Waals surface area contributed by atoms with E-state index in [-0.39, 0.29) is 5.91 Å². The van der Waals surface area contributed by atoms with E-state index in [0.29, 0.717) is 12.3 Å². The molecule has 0 aliphatic carbocycles. The third-order valence-corrected chi connectivity index (χ3v) is 2.98. The molecule has 4 heteroatoms. The van der Waals surface area contributed by atoms with Gasteiger partial charge in [-0.2, -0.15) is 0 Å². The molecule has 1 rings (SSSR count). The quantitative estimate of drug-likeness (QED) is 0.781. The number of hydrogen-bond acceptors (Lipinski definition) is 3. The fraction of sp³-hybridized carbons (Fsp3) is 0.917. The molecule has 1 heterocycles. The Morgan fingerprint density at radius 2 is 2.00 bits per heavy atom. The van der Waals surface area contributed by atoms with Gasteiger partial charge in [-0.05, 0) is 32.6 Å². The maximum atomic E-state index is 11.9. The molecule has 0 aromatic heterocycles. The van der Waals surface area contributed by atoms with E-state index in [9.17, 15) is 4.79 Å². The second kappa shape index (κ2) is 5.64. The first-order chi connectivity index (χ1) is 7.42. The second-order valence-electron chi connectivity index (χ2n) is 5.44. The van der Waals surface area contributed by atoms with Crippen LogP contribution in [0.4, 0.5) is 0 Å². The molecular weight excluding hydrogens is 204 g/mol. The minimum atomic E-state index is -0.402. The van der Waals surface area contributed by atoms with Crippen LogP contribution in [0.5, 0.6) is 0 Å². The second-order valence-corrected chi connectivity index (χ2v) is 5.44. The number of hydrogen-bond donors (Lipinski definition) is 1. The van der Waals surface area contributed by atoms with Crippen molar-refractivity contribution in [1.82, 2.24) is 4.90 Å². The van der Waals surface area contributed by atoms with Crippen molar-refractivity contribution in [3.05, 3.63) is 0 Å². The third kappa shape index (κ3) is 4.49. The van der Waals surface area contributed by atoms with Gasteiger partial charge in [-0.25, -0.2) is 0 Å². The van der Waals surface area contributed by atoms with E-state index < -0.39 is 5.54 Å².